The van der Waals surface area contributed by atoms with Crippen molar-refractivity contribution >= 4 is 35.1 Å². The minimum atomic E-state index is -1.17. The summed E-state index contributed by atoms with van der Waals surface area (Å²) in [6.45, 7) is 0.679. The average Bonchev–Trinajstić information content (AvgIpc) is 2.94. The Morgan fingerprint density at radius 3 is 2.42 bits per heavy atom. The van der Waals surface area contributed by atoms with Gasteiger partial charge < -0.3 is 24.7 Å². The zero-order chi connectivity index (χ0) is 27.4. The van der Waals surface area contributed by atoms with Crippen molar-refractivity contribution in [2.75, 3.05) is 13.2 Å². The van der Waals surface area contributed by atoms with E-state index >= 15 is 0 Å². The van der Waals surface area contributed by atoms with Gasteiger partial charge in [-0.3, -0.25) is 4.79 Å². The number of hydrogen-bond donors (Lipinski definition) is 1. The van der Waals surface area contributed by atoms with E-state index in [4.69, 9.17) is 32.7 Å². The fourth-order valence-electron chi connectivity index (χ4n) is 4.62. The van der Waals surface area contributed by atoms with Crippen molar-refractivity contribution in [2.45, 2.75) is 18.8 Å². The van der Waals surface area contributed by atoms with Crippen LogP contribution < -0.4 is 49.5 Å². The Kier molecular flexibility index (Phi) is 10.2. The second-order valence-electron chi connectivity index (χ2n) is 9.09. The number of nitrogens with one attached hydrogen (secondary N) is 1. The van der Waals surface area contributed by atoms with Crippen molar-refractivity contribution in [2.24, 2.45) is 0 Å². The van der Waals surface area contributed by atoms with E-state index in [9.17, 15) is 14.7 Å². The zero-order valence-corrected chi connectivity index (χ0v) is 25.3. The predicted octanol–water partition coefficient (Wildman–Crippen LogP) is 3.05. The maximum absolute atomic E-state index is 12.8. The molecule has 0 aliphatic carbocycles. The molecule has 1 amide bonds. The van der Waals surface area contributed by atoms with Crippen LogP contribution in [0.2, 0.25) is 10.0 Å². The van der Waals surface area contributed by atoms with E-state index in [1.807, 2.05) is 48.5 Å². The first-order chi connectivity index (χ1) is 18.9. The zero-order valence-electron chi connectivity index (χ0n) is 21.8. The molecule has 0 fully saturated rings. The molecule has 0 saturated heterocycles. The van der Waals surface area contributed by atoms with E-state index in [1.54, 1.807) is 30.3 Å². The molecular weight excluding hydrogens is 560 g/mol. The van der Waals surface area contributed by atoms with Crippen LogP contribution in [0.3, 0.4) is 0 Å². The van der Waals surface area contributed by atoms with Gasteiger partial charge in [0.05, 0.1) is 11.6 Å². The molecule has 1 atom stereocenters. The molecule has 9 heteroatoms. The molecule has 1 heterocycles. The molecule has 0 saturated carbocycles. The minimum absolute atomic E-state index is 0. The molecule has 0 aromatic heterocycles. The largest absolute Gasteiger partial charge is 1.00 e. The first-order valence-corrected chi connectivity index (χ1v) is 13.2. The van der Waals surface area contributed by atoms with Crippen LogP contribution in [0.25, 0.3) is 11.1 Å². The SMILES string of the molecule is O=C(NCCc1c(Cl)cccc1-c1ccccc1)c1ccc(Oc2cc3c(cc2Cl)C(C(=O)[O-])CCO3)cc1.[Na+]. The van der Waals surface area contributed by atoms with Crippen LogP contribution in [-0.2, 0) is 11.2 Å². The molecule has 1 aliphatic heterocycles. The Morgan fingerprint density at radius 1 is 0.950 bits per heavy atom. The van der Waals surface area contributed by atoms with E-state index in [-0.39, 0.29) is 47.1 Å². The molecule has 4 aromatic rings. The van der Waals surface area contributed by atoms with Gasteiger partial charge in [0.25, 0.3) is 5.91 Å². The molecule has 6 nitrogen and oxygen atoms in total. The monoisotopic (exact) mass is 583 g/mol. The van der Waals surface area contributed by atoms with Crippen LogP contribution >= 0.6 is 23.2 Å². The van der Waals surface area contributed by atoms with Crippen LogP contribution in [0, 0.1) is 0 Å². The van der Waals surface area contributed by atoms with Gasteiger partial charge in [-0.1, -0.05) is 65.7 Å². The summed E-state index contributed by atoms with van der Waals surface area (Å²) >= 11 is 12.9. The Morgan fingerprint density at radius 2 is 1.70 bits per heavy atom. The molecule has 1 unspecified atom stereocenters. The summed E-state index contributed by atoms with van der Waals surface area (Å²) < 4.78 is 11.5. The molecule has 40 heavy (non-hydrogen) atoms. The van der Waals surface area contributed by atoms with Crippen molar-refractivity contribution in [3.8, 4) is 28.4 Å². The summed E-state index contributed by atoms with van der Waals surface area (Å²) in [5, 5.41) is 15.3. The number of halogens is 2. The third-order valence-corrected chi connectivity index (χ3v) is 7.25. The summed E-state index contributed by atoms with van der Waals surface area (Å²) in [4.78, 5) is 24.2. The van der Waals surface area contributed by atoms with E-state index in [2.05, 4.69) is 5.32 Å². The quantitative estimate of drug-likeness (QED) is 0.322. The Hall–Kier alpha value is -3.00. The minimum Gasteiger partial charge on any atom is -0.549 e. The number of carbonyl (C=O) groups excluding carboxylic acids is 2. The Balaban J connectivity index is 0.00000370. The molecule has 4 aromatic carbocycles. The van der Waals surface area contributed by atoms with Gasteiger partial charge in [0.15, 0.2) is 0 Å². The molecule has 1 N–H and O–H groups in total. The second kappa shape index (κ2) is 13.6. The standard InChI is InChI=1S/C31H25Cl2NO5.Na/c32-26-8-4-7-22(19-5-2-1-3-6-19)23(26)13-15-34-30(35)20-9-11-21(12-10-20)39-29-18-28-25(17-27(29)33)24(31(36)37)14-16-38-28;/h1-12,17-18,24H,13-16H2,(H,34,35)(H,36,37);/q;+1/p-1. The normalized spacial score (nSPS) is 13.8. The van der Waals surface area contributed by atoms with Crippen molar-refractivity contribution in [3.05, 3.63) is 112 Å². The number of hydrogen-bond acceptors (Lipinski definition) is 5. The number of aliphatic carboxylic acids is 1. The van der Waals surface area contributed by atoms with Crippen LogP contribution in [0.5, 0.6) is 17.2 Å². The van der Waals surface area contributed by atoms with Crippen molar-refractivity contribution < 1.29 is 53.7 Å². The van der Waals surface area contributed by atoms with Gasteiger partial charge in [0, 0.05) is 40.6 Å². The number of rotatable bonds is 8. The molecule has 198 valence electrons. The summed E-state index contributed by atoms with van der Waals surface area (Å²) in [7, 11) is 0. The van der Waals surface area contributed by atoms with Gasteiger partial charge in [0.1, 0.15) is 17.2 Å². The molecule has 1 aliphatic rings. The van der Waals surface area contributed by atoms with Gasteiger partial charge in [-0.15, -0.1) is 0 Å². The molecule has 5 rings (SSSR count). The first kappa shape index (κ1) is 30.0. The number of carbonyl (C=O) groups is 2. The maximum Gasteiger partial charge on any atom is 1.00 e. The molecule has 0 spiro atoms. The number of carboxylic acids is 1. The van der Waals surface area contributed by atoms with E-state index < -0.39 is 11.9 Å². The number of fused-ring (bicyclic) bond motifs is 1. The van der Waals surface area contributed by atoms with Crippen LogP contribution in [0.15, 0.2) is 84.9 Å². The Labute approximate surface area is 264 Å². The second-order valence-corrected chi connectivity index (χ2v) is 9.91. The summed E-state index contributed by atoms with van der Waals surface area (Å²) in [5.74, 6) is -0.976. The van der Waals surface area contributed by atoms with Crippen molar-refractivity contribution in [1.82, 2.24) is 5.32 Å². The maximum atomic E-state index is 12.8. The van der Waals surface area contributed by atoms with Gasteiger partial charge in [-0.05, 0) is 65.9 Å². The molecule has 0 bridgehead atoms. The fraction of sp³-hybridized carbons (Fsp3) is 0.161. The van der Waals surface area contributed by atoms with E-state index in [1.165, 1.54) is 6.07 Å². The predicted molar refractivity (Wildman–Crippen MR) is 149 cm³/mol. The van der Waals surface area contributed by atoms with E-state index in [0.29, 0.717) is 52.8 Å². The summed E-state index contributed by atoms with van der Waals surface area (Å²) in [6, 6.07) is 25.6. The molecule has 0 radical (unpaired) electrons. The van der Waals surface area contributed by atoms with Crippen LogP contribution in [-0.4, -0.2) is 25.0 Å². The fourth-order valence-corrected chi connectivity index (χ4v) is 5.10. The summed E-state index contributed by atoms with van der Waals surface area (Å²) in [6.07, 6.45) is 0.899. The first-order valence-electron chi connectivity index (χ1n) is 12.5. The van der Waals surface area contributed by atoms with Crippen molar-refractivity contribution in [1.29, 1.82) is 0 Å². The topological polar surface area (TPSA) is 87.7 Å². The van der Waals surface area contributed by atoms with Crippen molar-refractivity contribution in [3.63, 3.8) is 0 Å². The summed E-state index contributed by atoms with van der Waals surface area (Å²) in [5.41, 5.74) is 4.03. The van der Waals surface area contributed by atoms with Gasteiger partial charge in [-0.2, -0.15) is 0 Å². The van der Waals surface area contributed by atoms with Crippen LogP contribution in [0.1, 0.15) is 33.8 Å². The number of ether oxygens (including phenoxy) is 2. The van der Waals surface area contributed by atoms with Gasteiger partial charge in [-0.25, -0.2) is 0 Å². The van der Waals surface area contributed by atoms with Gasteiger partial charge >= 0.3 is 29.6 Å². The average molecular weight is 584 g/mol. The third kappa shape index (κ3) is 6.82. The number of amides is 1. The number of carboxylic acid groups (broad SMARTS) is 1. The number of benzene rings is 4. The third-order valence-electron chi connectivity index (χ3n) is 6.60. The van der Waals surface area contributed by atoms with Crippen LogP contribution in [0.4, 0.5) is 0 Å². The smallest absolute Gasteiger partial charge is 0.549 e. The van der Waals surface area contributed by atoms with E-state index in [0.717, 1.165) is 16.7 Å². The Bertz CT molecular complexity index is 1510. The van der Waals surface area contributed by atoms with Gasteiger partial charge in [0.2, 0.25) is 0 Å². The molecular formula is C31H24Cl2NNaO5.